The molecule has 6 aromatic rings. The van der Waals surface area contributed by atoms with Crippen molar-refractivity contribution in [1.82, 2.24) is 14.3 Å². The largest absolute Gasteiger partial charge is 0.493 e. The van der Waals surface area contributed by atoms with E-state index < -0.39 is 5.97 Å². The van der Waals surface area contributed by atoms with Gasteiger partial charge in [0, 0.05) is 60.9 Å². The zero-order valence-corrected chi connectivity index (χ0v) is 29.6. The maximum atomic E-state index is 13.1. The van der Waals surface area contributed by atoms with E-state index in [9.17, 15) is 9.90 Å². The number of benzene rings is 4. The van der Waals surface area contributed by atoms with Gasteiger partial charge < -0.3 is 33.5 Å². The highest BCUT2D eigenvalue weighted by molar-refractivity contribution is 6.04. The maximum Gasteiger partial charge on any atom is 0.352 e. The number of aromatic carboxylic acids is 1. The molecule has 8 rings (SSSR count). The van der Waals surface area contributed by atoms with Crippen LogP contribution in [0.4, 0.5) is 5.69 Å². The Morgan fingerprint density at radius 3 is 2.48 bits per heavy atom. The summed E-state index contributed by atoms with van der Waals surface area (Å²) in [5.74, 6) is 0.672. The molecule has 268 valence electrons. The summed E-state index contributed by atoms with van der Waals surface area (Å²) >= 11 is 0. The third-order valence-electron chi connectivity index (χ3n) is 10.2. The Balaban J connectivity index is 1.12. The van der Waals surface area contributed by atoms with E-state index in [4.69, 9.17) is 24.0 Å². The molecular weight excluding hydrogens is 656 g/mol. The van der Waals surface area contributed by atoms with Gasteiger partial charge in [0.2, 0.25) is 0 Å². The second-order valence-corrected chi connectivity index (χ2v) is 13.4. The molecule has 4 heterocycles. The number of morpholine rings is 1. The van der Waals surface area contributed by atoms with Crippen molar-refractivity contribution in [2.45, 2.75) is 45.4 Å². The van der Waals surface area contributed by atoms with Crippen molar-refractivity contribution in [1.29, 1.82) is 0 Å². The van der Waals surface area contributed by atoms with Gasteiger partial charge in [0.1, 0.15) is 29.5 Å². The molecule has 0 amide bonds. The van der Waals surface area contributed by atoms with Crippen molar-refractivity contribution in [3.05, 3.63) is 108 Å². The van der Waals surface area contributed by atoms with Gasteiger partial charge in [0.25, 0.3) is 0 Å². The average Bonchev–Trinajstić information content (AvgIpc) is 3.66. The number of hydrogen-bond donors (Lipinski definition) is 1. The lowest BCUT2D eigenvalue weighted by Gasteiger charge is -2.28. The first-order chi connectivity index (χ1) is 25.6. The van der Waals surface area contributed by atoms with E-state index in [1.165, 1.54) is 0 Å². The predicted molar refractivity (Wildman–Crippen MR) is 202 cm³/mol. The second kappa shape index (κ2) is 15.1. The van der Waals surface area contributed by atoms with E-state index in [1.54, 1.807) is 0 Å². The Labute approximate surface area is 303 Å². The van der Waals surface area contributed by atoms with Gasteiger partial charge in [0.05, 0.1) is 37.6 Å². The van der Waals surface area contributed by atoms with Gasteiger partial charge in [-0.1, -0.05) is 54.6 Å². The van der Waals surface area contributed by atoms with E-state index in [2.05, 4.69) is 47.4 Å². The lowest BCUT2D eigenvalue weighted by molar-refractivity contribution is 0.0683. The Morgan fingerprint density at radius 1 is 0.846 bits per heavy atom. The Morgan fingerprint density at radius 2 is 1.63 bits per heavy atom. The summed E-state index contributed by atoms with van der Waals surface area (Å²) < 4.78 is 28.2. The number of rotatable bonds is 10. The second-order valence-electron chi connectivity index (χ2n) is 13.4. The number of carboxylic acids is 1. The fraction of sp³-hybridized carbons (Fsp3) is 0.333. The summed E-state index contributed by atoms with van der Waals surface area (Å²) in [7, 11) is 1.94. The molecule has 0 spiro atoms. The fourth-order valence-corrected chi connectivity index (χ4v) is 7.72. The average molecular weight is 701 g/mol. The quantitative estimate of drug-likeness (QED) is 0.146. The van der Waals surface area contributed by atoms with Crippen molar-refractivity contribution in [3.63, 3.8) is 0 Å². The standard InChI is InChI=1S/C42H44N4O6/c1-44-37-28-50-23-5-4-20-46-40-33(34(41(46)42(47)48)14-8-24-51-38-15-6-10-29-9-2-3-11-32(29)38)12-7-13-35(40)39(37)36(43-44)27-52-31-18-16-30(17-19-31)45-21-25-49-26-22-45/h2-3,6-7,9-13,15-19H,4-5,8,14,20-28H2,1H3,(H,47,48). The molecule has 10 nitrogen and oxygen atoms in total. The number of aryl methyl sites for hydroxylation is 3. The van der Waals surface area contributed by atoms with Crippen LogP contribution < -0.4 is 14.4 Å². The molecule has 0 unspecified atom stereocenters. The molecule has 0 bridgehead atoms. The Hall–Kier alpha value is -5.32. The molecule has 2 aliphatic rings. The van der Waals surface area contributed by atoms with Crippen LogP contribution in [0, 0.1) is 0 Å². The number of carbonyl (C=O) groups is 1. The molecule has 0 radical (unpaired) electrons. The molecule has 1 N–H and O–H groups in total. The highest BCUT2D eigenvalue weighted by atomic mass is 16.5. The monoisotopic (exact) mass is 700 g/mol. The molecular formula is C42H44N4O6. The topological polar surface area (TPSA) is 100 Å². The third-order valence-corrected chi connectivity index (χ3v) is 10.2. The number of hydrogen-bond acceptors (Lipinski definition) is 7. The van der Waals surface area contributed by atoms with Crippen LogP contribution in [0.2, 0.25) is 0 Å². The van der Waals surface area contributed by atoms with Gasteiger partial charge in [-0.2, -0.15) is 5.10 Å². The summed E-state index contributed by atoms with van der Waals surface area (Å²) in [5.41, 5.74) is 6.83. The number of fused-ring (bicyclic) bond motifs is 3. The van der Waals surface area contributed by atoms with Crippen LogP contribution in [-0.2, 0) is 42.7 Å². The Kier molecular flexibility index (Phi) is 9.82. The van der Waals surface area contributed by atoms with E-state index in [1.807, 2.05) is 58.8 Å². The van der Waals surface area contributed by atoms with Crippen molar-refractivity contribution >= 4 is 33.3 Å². The summed E-state index contributed by atoms with van der Waals surface area (Å²) in [4.78, 5) is 15.4. The maximum absolute atomic E-state index is 13.1. The molecule has 0 saturated carbocycles. The summed E-state index contributed by atoms with van der Waals surface area (Å²) in [5, 5.41) is 18.8. The van der Waals surface area contributed by atoms with Gasteiger partial charge in [0.15, 0.2) is 0 Å². The molecule has 2 aliphatic heterocycles. The van der Waals surface area contributed by atoms with Gasteiger partial charge in [-0.15, -0.1) is 0 Å². The van der Waals surface area contributed by atoms with E-state index in [-0.39, 0.29) is 6.61 Å². The van der Waals surface area contributed by atoms with Crippen molar-refractivity contribution in [2.24, 2.45) is 7.05 Å². The van der Waals surface area contributed by atoms with Crippen molar-refractivity contribution in [3.8, 4) is 22.6 Å². The summed E-state index contributed by atoms with van der Waals surface area (Å²) in [6.45, 7) is 5.49. The van der Waals surface area contributed by atoms with E-state index in [0.29, 0.717) is 44.9 Å². The molecule has 10 heteroatoms. The third kappa shape index (κ3) is 6.71. The van der Waals surface area contributed by atoms with Crippen LogP contribution in [0.1, 0.15) is 46.7 Å². The first kappa shape index (κ1) is 33.8. The van der Waals surface area contributed by atoms with Crippen LogP contribution in [0.5, 0.6) is 11.5 Å². The minimum absolute atomic E-state index is 0.251. The summed E-state index contributed by atoms with van der Waals surface area (Å²) in [6.07, 6.45) is 2.85. The SMILES string of the molecule is Cn1nc(COc2ccc(N3CCOCC3)cc2)c2c1COCCCCn1c(C(=O)O)c(CCCOc3cccc4ccccc34)c3cccc-2c31. The number of aromatic nitrogens is 3. The molecule has 1 saturated heterocycles. The molecule has 0 aliphatic carbocycles. The van der Waals surface area contributed by atoms with Crippen molar-refractivity contribution in [2.75, 3.05) is 44.4 Å². The van der Waals surface area contributed by atoms with Gasteiger partial charge in [-0.3, -0.25) is 4.68 Å². The minimum Gasteiger partial charge on any atom is -0.493 e. The van der Waals surface area contributed by atoms with Crippen LogP contribution in [0.15, 0.2) is 84.9 Å². The van der Waals surface area contributed by atoms with Crippen LogP contribution in [0.3, 0.4) is 0 Å². The molecule has 1 fully saturated rings. The summed E-state index contributed by atoms with van der Waals surface area (Å²) in [6, 6.07) is 28.6. The van der Waals surface area contributed by atoms with Crippen LogP contribution in [-0.4, -0.2) is 64.9 Å². The van der Waals surface area contributed by atoms with E-state index in [0.717, 1.165) is 106 Å². The van der Waals surface area contributed by atoms with Gasteiger partial charge in [-0.25, -0.2) is 4.79 Å². The highest BCUT2D eigenvalue weighted by Crippen LogP contribution is 2.39. The molecule has 2 aromatic heterocycles. The molecule has 0 atom stereocenters. The zero-order chi connectivity index (χ0) is 35.4. The number of ether oxygens (including phenoxy) is 4. The first-order valence-corrected chi connectivity index (χ1v) is 18.2. The smallest absolute Gasteiger partial charge is 0.352 e. The predicted octanol–water partition coefficient (Wildman–Crippen LogP) is 7.63. The zero-order valence-electron chi connectivity index (χ0n) is 29.6. The minimum atomic E-state index is -0.922. The number of anilines is 1. The van der Waals surface area contributed by atoms with Crippen LogP contribution in [0.25, 0.3) is 32.8 Å². The lowest BCUT2D eigenvalue weighted by Crippen LogP contribution is -2.36. The lowest BCUT2D eigenvalue weighted by atomic mass is 9.98. The molecule has 52 heavy (non-hydrogen) atoms. The van der Waals surface area contributed by atoms with Gasteiger partial charge in [-0.05, 0) is 67.0 Å². The van der Waals surface area contributed by atoms with Crippen LogP contribution >= 0.6 is 0 Å². The number of nitrogens with zero attached hydrogens (tertiary/aromatic N) is 4. The number of para-hydroxylation sites is 1. The van der Waals surface area contributed by atoms with Crippen molar-refractivity contribution < 1.29 is 28.8 Å². The highest BCUT2D eigenvalue weighted by Gasteiger charge is 2.28. The number of carboxylic acid groups (broad SMARTS) is 1. The normalized spacial score (nSPS) is 15.0. The first-order valence-electron chi connectivity index (χ1n) is 18.2. The van der Waals surface area contributed by atoms with E-state index >= 15 is 0 Å². The fourth-order valence-electron chi connectivity index (χ4n) is 7.72. The Bertz CT molecular complexity index is 2190. The molecule has 4 aromatic carbocycles. The van der Waals surface area contributed by atoms with Gasteiger partial charge >= 0.3 is 5.97 Å².